The number of nitrogens with zero attached hydrogens (tertiary/aromatic N) is 2. The Kier molecular flexibility index (Phi) is 6.23. The van der Waals surface area contributed by atoms with E-state index < -0.39 is 0 Å². The van der Waals surface area contributed by atoms with Crippen molar-refractivity contribution in [2.45, 2.75) is 103 Å². The topological polar surface area (TPSA) is 68.9 Å². The number of fused-ring (bicyclic) bond motifs is 5. The Morgan fingerprint density at radius 2 is 1.94 bits per heavy atom. The molecule has 4 saturated carbocycles. The van der Waals surface area contributed by atoms with Gasteiger partial charge in [-0.05, 0) is 124 Å². The average molecular weight is 450 g/mol. The van der Waals surface area contributed by atoms with Crippen LogP contribution in [0.2, 0.25) is 0 Å². The molecule has 4 aliphatic carbocycles. The van der Waals surface area contributed by atoms with Crippen LogP contribution in [0.1, 0.15) is 97.0 Å². The number of aliphatic hydroxyl groups is 1. The normalized spacial score (nSPS) is 43.0. The Balaban J connectivity index is 1.27. The zero-order valence-electron chi connectivity index (χ0n) is 20.9. The Morgan fingerprint density at radius 3 is 2.67 bits per heavy atom. The van der Waals surface area contributed by atoms with E-state index in [-0.39, 0.29) is 5.60 Å². The van der Waals surface area contributed by atoms with Crippen molar-refractivity contribution in [2.75, 3.05) is 5.32 Å². The quantitative estimate of drug-likeness (QED) is 0.534. The molecule has 4 aliphatic rings. The van der Waals surface area contributed by atoms with Crippen LogP contribution in [0.5, 0.6) is 0 Å². The van der Waals surface area contributed by atoms with Crippen molar-refractivity contribution in [2.24, 2.45) is 40.9 Å². The minimum atomic E-state index is -0.370. The molecule has 9 atom stereocenters. The van der Waals surface area contributed by atoms with E-state index in [1.807, 2.05) is 12.1 Å². The maximum atomic E-state index is 11.1. The van der Waals surface area contributed by atoms with Crippen LogP contribution in [0.4, 0.5) is 5.82 Å². The van der Waals surface area contributed by atoms with Gasteiger partial charge in [0.25, 0.3) is 0 Å². The van der Waals surface area contributed by atoms with Crippen molar-refractivity contribution in [1.29, 1.82) is 5.26 Å². The molecular formula is C29H43N3O. The number of hydrogen-bond donors (Lipinski definition) is 2. The number of anilines is 1. The first-order valence-electron chi connectivity index (χ1n) is 13.7. The Bertz CT molecular complexity index is 878. The van der Waals surface area contributed by atoms with Crippen LogP contribution in [-0.2, 0) is 0 Å². The predicted octanol–water partition coefficient (Wildman–Crippen LogP) is 6.55. The van der Waals surface area contributed by atoms with Crippen molar-refractivity contribution in [3.8, 4) is 6.07 Å². The molecule has 2 N–H and O–H groups in total. The van der Waals surface area contributed by atoms with Crippen LogP contribution in [-0.4, -0.2) is 21.7 Å². The van der Waals surface area contributed by atoms with Crippen molar-refractivity contribution in [3.63, 3.8) is 0 Å². The Hall–Kier alpha value is -1.60. The third-order valence-corrected chi connectivity index (χ3v) is 10.8. The first-order valence-corrected chi connectivity index (χ1v) is 13.7. The second kappa shape index (κ2) is 8.88. The van der Waals surface area contributed by atoms with Crippen molar-refractivity contribution < 1.29 is 5.11 Å². The van der Waals surface area contributed by atoms with Crippen LogP contribution in [0.15, 0.2) is 18.3 Å². The summed E-state index contributed by atoms with van der Waals surface area (Å²) in [5, 5.41) is 23.8. The van der Waals surface area contributed by atoms with Gasteiger partial charge in [0.2, 0.25) is 0 Å². The van der Waals surface area contributed by atoms with E-state index in [0.717, 1.165) is 61.1 Å². The molecule has 5 rings (SSSR count). The monoisotopic (exact) mass is 449 g/mol. The number of pyridine rings is 1. The summed E-state index contributed by atoms with van der Waals surface area (Å²) in [6.45, 7) is 7.16. The molecule has 33 heavy (non-hydrogen) atoms. The van der Waals surface area contributed by atoms with E-state index in [0.29, 0.717) is 22.9 Å². The van der Waals surface area contributed by atoms with Crippen LogP contribution in [0.3, 0.4) is 0 Å². The van der Waals surface area contributed by atoms with Gasteiger partial charge in [-0.2, -0.15) is 5.26 Å². The molecule has 180 valence electrons. The maximum Gasteiger partial charge on any atom is 0.126 e. The average Bonchev–Trinajstić information content (AvgIpc) is 3.16. The van der Waals surface area contributed by atoms with E-state index in [1.165, 1.54) is 44.9 Å². The Morgan fingerprint density at radius 1 is 1.12 bits per heavy atom. The fourth-order valence-corrected chi connectivity index (χ4v) is 9.40. The predicted molar refractivity (Wildman–Crippen MR) is 132 cm³/mol. The first-order chi connectivity index (χ1) is 15.9. The van der Waals surface area contributed by atoms with Crippen LogP contribution < -0.4 is 5.32 Å². The van der Waals surface area contributed by atoms with Gasteiger partial charge in [-0.15, -0.1) is 0 Å². The number of rotatable bonds is 5. The van der Waals surface area contributed by atoms with Gasteiger partial charge >= 0.3 is 0 Å². The summed E-state index contributed by atoms with van der Waals surface area (Å²) in [6.07, 6.45) is 15.3. The molecule has 0 bridgehead atoms. The van der Waals surface area contributed by atoms with Gasteiger partial charge in [-0.3, -0.25) is 0 Å². The Labute approximate surface area is 200 Å². The molecule has 0 unspecified atom stereocenters. The number of aromatic nitrogens is 1. The van der Waals surface area contributed by atoms with Crippen LogP contribution in [0, 0.1) is 52.3 Å². The smallest absolute Gasteiger partial charge is 0.126 e. The molecule has 4 heteroatoms. The van der Waals surface area contributed by atoms with Gasteiger partial charge in [0, 0.05) is 12.2 Å². The molecule has 0 aliphatic heterocycles. The second-order valence-corrected chi connectivity index (χ2v) is 12.4. The highest BCUT2D eigenvalue weighted by Gasteiger charge is 2.58. The van der Waals surface area contributed by atoms with Gasteiger partial charge < -0.3 is 10.4 Å². The molecule has 0 radical (unpaired) electrons. The van der Waals surface area contributed by atoms with Gasteiger partial charge in [0.1, 0.15) is 11.9 Å². The van der Waals surface area contributed by atoms with E-state index in [4.69, 9.17) is 5.26 Å². The molecule has 4 nitrogen and oxygen atoms in total. The third-order valence-electron chi connectivity index (χ3n) is 10.8. The molecule has 1 heterocycles. The van der Waals surface area contributed by atoms with Crippen molar-refractivity contribution >= 4 is 5.82 Å². The van der Waals surface area contributed by atoms with Crippen molar-refractivity contribution in [3.05, 3.63) is 23.9 Å². The summed E-state index contributed by atoms with van der Waals surface area (Å²) in [5.74, 6) is 5.85. The molecule has 0 spiro atoms. The van der Waals surface area contributed by atoms with Crippen LogP contribution >= 0.6 is 0 Å². The SMILES string of the molecule is CCC[C@@]1(O)CC[C@H]2[C@H](CC[C@@H]3[C@@H]2CC[C@]2(C)[C@@H]([C@@H](C)Nc4ccc(C#N)cn4)CC[C@@H]32)C1. The molecule has 0 saturated heterocycles. The lowest BCUT2D eigenvalue weighted by Crippen LogP contribution is -2.52. The molecule has 1 aromatic heterocycles. The molecule has 1 aromatic rings. The summed E-state index contributed by atoms with van der Waals surface area (Å²) in [5.41, 5.74) is 0.668. The number of nitriles is 1. The minimum absolute atomic E-state index is 0.370. The summed E-state index contributed by atoms with van der Waals surface area (Å²) in [6, 6.07) is 6.36. The first kappa shape index (κ1) is 23.2. The summed E-state index contributed by atoms with van der Waals surface area (Å²) in [4.78, 5) is 4.47. The maximum absolute atomic E-state index is 11.1. The lowest BCUT2D eigenvalue weighted by Gasteiger charge is -2.57. The molecule has 4 fully saturated rings. The fraction of sp³-hybridized carbons (Fsp3) is 0.793. The highest BCUT2D eigenvalue weighted by atomic mass is 16.3. The van der Waals surface area contributed by atoms with Crippen LogP contribution in [0.25, 0.3) is 0 Å². The zero-order chi connectivity index (χ0) is 23.2. The minimum Gasteiger partial charge on any atom is -0.390 e. The van der Waals surface area contributed by atoms with Gasteiger partial charge in [0.05, 0.1) is 11.2 Å². The number of nitrogens with one attached hydrogen (secondary N) is 1. The standard InChI is InChI=1S/C29H43N3O/c1-4-13-29(33)15-12-22-21(16-29)6-7-24-23(22)11-14-28(3)25(8-9-26(24)28)19(2)32-27-10-5-20(17-30)18-31-27/h5,10,18-19,21-26,33H,4,6-9,11-16H2,1-3H3,(H,31,32)/t19-,21-,22+,23-,24-,25-,26+,28-,29-/m1/s1. The number of hydrogen-bond acceptors (Lipinski definition) is 4. The van der Waals surface area contributed by atoms with Crippen molar-refractivity contribution in [1.82, 2.24) is 4.98 Å². The fourth-order valence-electron chi connectivity index (χ4n) is 9.40. The van der Waals surface area contributed by atoms with Gasteiger partial charge in [-0.25, -0.2) is 4.98 Å². The van der Waals surface area contributed by atoms with E-state index in [1.54, 1.807) is 6.20 Å². The highest BCUT2D eigenvalue weighted by molar-refractivity contribution is 5.40. The summed E-state index contributed by atoms with van der Waals surface area (Å²) < 4.78 is 0. The van der Waals surface area contributed by atoms with Gasteiger partial charge in [-0.1, -0.05) is 20.3 Å². The van der Waals surface area contributed by atoms with E-state index in [9.17, 15) is 5.11 Å². The summed E-state index contributed by atoms with van der Waals surface area (Å²) in [7, 11) is 0. The molecule has 0 aromatic carbocycles. The zero-order valence-corrected chi connectivity index (χ0v) is 20.9. The highest BCUT2D eigenvalue weighted by Crippen LogP contribution is 2.65. The lowest BCUT2D eigenvalue weighted by atomic mass is 9.48. The van der Waals surface area contributed by atoms with E-state index in [2.05, 4.69) is 37.1 Å². The summed E-state index contributed by atoms with van der Waals surface area (Å²) >= 11 is 0. The van der Waals surface area contributed by atoms with Gasteiger partial charge in [0.15, 0.2) is 0 Å². The largest absolute Gasteiger partial charge is 0.390 e. The third kappa shape index (κ3) is 4.09. The molecule has 0 amide bonds. The lowest BCUT2D eigenvalue weighted by molar-refractivity contribution is -0.108. The second-order valence-electron chi connectivity index (χ2n) is 12.4. The molecular weight excluding hydrogens is 406 g/mol. The van der Waals surface area contributed by atoms with E-state index >= 15 is 0 Å².